The largest absolute Gasteiger partial charge is 0.487 e. The lowest BCUT2D eigenvalue weighted by atomic mass is 9.99. The molecule has 1 aliphatic heterocycles. The molecular weight excluding hydrogens is 392 g/mol. The smallest absolute Gasteiger partial charge is 0.162 e. The highest BCUT2D eigenvalue weighted by Crippen LogP contribution is 2.38. The van der Waals surface area contributed by atoms with Gasteiger partial charge in [-0.15, -0.1) is 0 Å². The van der Waals surface area contributed by atoms with E-state index in [-0.39, 0.29) is 5.75 Å². The van der Waals surface area contributed by atoms with Crippen LogP contribution in [0.15, 0.2) is 30.6 Å². The minimum absolute atomic E-state index is 0.208. The summed E-state index contributed by atoms with van der Waals surface area (Å²) in [5, 5.41) is 25.5. The third kappa shape index (κ3) is 2.98. The Balaban J connectivity index is 1.46. The summed E-state index contributed by atoms with van der Waals surface area (Å²) in [5.74, 6) is -1.60. The molecule has 1 aromatic carbocycles. The molecule has 1 fully saturated rings. The molecule has 5 rings (SSSR count). The molecule has 2 aliphatic rings. The Labute approximate surface area is 172 Å². The predicted octanol–water partition coefficient (Wildman–Crippen LogP) is 2.38. The summed E-state index contributed by atoms with van der Waals surface area (Å²) in [6.45, 7) is 2.91. The molecule has 3 heterocycles. The van der Waals surface area contributed by atoms with Crippen molar-refractivity contribution in [1.82, 2.24) is 14.9 Å². The number of nitrogens with zero attached hydrogens (tertiary/aromatic N) is 2. The number of halogens is 2. The van der Waals surface area contributed by atoms with Crippen LogP contribution in [0, 0.1) is 18.6 Å². The van der Waals surface area contributed by atoms with E-state index in [4.69, 9.17) is 4.74 Å². The normalized spacial score (nSPS) is 26.2. The van der Waals surface area contributed by atoms with Crippen molar-refractivity contribution in [3.8, 4) is 5.75 Å². The summed E-state index contributed by atoms with van der Waals surface area (Å²) in [7, 11) is 0. The number of hydrogen-bond donors (Lipinski definition) is 3. The predicted molar refractivity (Wildman–Crippen MR) is 106 cm³/mol. The first-order valence-corrected chi connectivity index (χ1v) is 10.1. The van der Waals surface area contributed by atoms with E-state index in [1.165, 1.54) is 0 Å². The summed E-state index contributed by atoms with van der Waals surface area (Å²) in [6, 6.07) is 4.43. The van der Waals surface area contributed by atoms with Crippen LogP contribution in [0.4, 0.5) is 8.78 Å². The summed E-state index contributed by atoms with van der Waals surface area (Å²) in [4.78, 5) is 4.42. The quantitative estimate of drug-likeness (QED) is 0.612. The highest BCUT2D eigenvalue weighted by Gasteiger charge is 2.44. The van der Waals surface area contributed by atoms with Crippen LogP contribution in [0.3, 0.4) is 0 Å². The standard InChI is InChI=1S/C22H23F2N3O3/c1-11-2-6-26-22-12(11)4-7-27(22)16-9-18(21(29)20(16)28)30-17-8-15(23)19(24)13-3-5-25-10-14(13)17/h2,4,6-8,16,18,20-21,25,28-29H,3,5,9-10H2,1H3/t16-,18+,20+,21-/m1/s1. The SMILES string of the molecule is Cc1ccnc2c1ccn2[C@@H]1C[C@H](Oc2cc(F)c(F)c3c2CNCC3)[C@@H](O)[C@H]1O. The van der Waals surface area contributed by atoms with E-state index < -0.39 is 36.0 Å². The molecule has 8 heteroatoms. The Morgan fingerprint density at radius 2 is 2.03 bits per heavy atom. The van der Waals surface area contributed by atoms with E-state index in [1.807, 2.05) is 29.8 Å². The average molecular weight is 415 g/mol. The van der Waals surface area contributed by atoms with Crippen LogP contribution in [-0.2, 0) is 13.0 Å². The molecular formula is C22H23F2N3O3. The van der Waals surface area contributed by atoms with Crippen LogP contribution < -0.4 is 10.1 Å². The molecule has 0 unspecified atom stereocenters. The number of benzene rings is 1. The molecule has 6 nitrogen and oxygen atoms in total. The molecule has 1 aliphatic carbocycles. The third-order valence-corrected chi connectivity index (χ3v) is 6.32. The number of fused-ring (bicyclic) bond motifs is 2. The van der Waals surface area contributed by atoms with Crippen molar-refractivity contribution in [2.75, 3.05) is 6.54 Å². The Morgan fingerprint density at radius 3 is 2.87 bits per heavy atom. The van der Waals surface area contributed by atoms with E-state index in [0.29, 0.717) is 37.1 Å². The number of pyridine rings is 1. The topological polar surface area (TPSA) is 79.5 Å². The molecule has 4 atom stereocenters. The molecule has 2 aromatic heterocycles. The van der Waals surface area contributed by atoms with Gasteiger partial charge in [0.25, 0.3) is 0 Å². The number of aliphatic hydroxyl groups excluding tert-OH is 2. The first-order chi connectivity index (χ1) is 14.5. The second-order valence-corrected chi connectivity index (χ2v) is 8.08. The molecule has 0 spiro atoms. The lowest BCUT2D eigenvalue weighted by Crippen LogP contribution is -2.35. The third-order valence-electron chi connectivity index (χ3n) is 6.32. The monoisotopic (exact) mass is 415 g/mol. The highest BCUT2D eigenvalue weighted by atomic mass is 19.2. The Morgan fingerprint density at radius 1 is 1.20 bits per heavy atom. The van der Waals surface area contributed by atoms with Crippen molar-refractivity contribution < 1.29 is 23.7 Å². The van der Waals surface area contributed by atoms with Crippen molar-refractivity contribution in [3.05, 3.63) is 58.9 Å². The van der Waals surface area contributed by atoms with Gasteiger partial charge in [-0.05, 0) is 37.6 Å². The number of hydrogen-bond acceptors (Lipinski definition) is 5. The summed E-state index contributed by atoms with van der Waals surface area (Å²) < 4.78 is 36.1. The zero-order valence-corrected chi connectivity index (χ0v) is 16.5. The number of nitrogens with one attached hydrogen (secondary N) is 1. The number of aryl methyl sites for hydroxylation is 1. The Bertz CT molecular complexity index is 1120. The van der Waals surface area contributed by atoms with Crippen LogP contribution in [0.5, 0.6) is 5.75 Å². The van der Waals surface area contributed by atoms with Crippen molar-refractivity contribution >= 4 is 11.0 Å². The van der Waals surface area contributed by atoms with E-state index in [0.717, 1.165) is 22.7 Å². The Hall–Kier alpha value is -2.55. The maximum absolute atomic E-state index is 14.2. The maximum atomic E-state index is 14.2. The second-order valence-electron chi connectivity index (χ2n) is 8.08. The highest BCUT2D eigenvalue weighted by molar-refractivity contribution is 5.79. The summed E-state index contributed by atoms with van der Waals surface area (Å²) in [6.07, 6.45) is 1.22. The van der Waals surface area contributed by atoms with E-state index in [2.05, 4.69) is 10.3 Å². The summed E-state index contributed by atoms with van der Waals surface area (Å²) >= 11 is 0. The minimum atomic E-state index is -1.17. The molecule has 30 heavy (non-hydrogen) atoms. The molecule has 3 N–H and O–H groups in total. The molecule has 3 aromatic rings. The molecule has 0 saturated heterocycles. The molecule has 0 amide bonds. The van der Waals surface area contributed by atoms with Gasteiger partial charge in [0.15, 0.2) is 11.6 Å². The number of ether oxygens (including phenoxy) is 1. The van der Waals surface area contributed by atoms with Crippen LogP contribution in [-0.4, -0.2) is 44.6 Å². The number of aliphatic hydroxyl groups is 2. The lowest BCUT2D eigenvalue weighted by Gasteiger charge is -2.25. The van der Waals surface area contributed by atoms with Gasteiger partial charge >= 0.3 is 0 Å². The van der Waals surface area contributed by atoms with E-state index in [9.17, 15) is 19.0 Å². The fourth-order valence-electron chi connectivity index (χ4n) is 4.66. The van der Waals surface area contributed by atoms with Crippen LogP contribution in [0.2, 0.25) is 0 Å². The number of rotatable bonds is 3. The zero-order chi connectivity index (χ0) is 21.0. The van der Waals surface area contributed by atoms with Crippen LogP contribution >= 0.6 is 0 Å². The Kier molecular flexibility index (Phi) is 4.72. The molecule has 0 bridgehead atoms. The average Bonchev–Trinajstić information content (AvgIpc) is 3.29. The zero-order valence-electron chi connectivity index (χ0n) is 16.5. The van der Waals surface area contributed by atoms with Gasteiger partial charge in [-0.3, -0.25) is 0 Å². The van der Waals surface area contributed by atoms with Crippen molar-refractivity contribution in [2.45, 2.75) is 50.7 Å². The van der Waals surface area contributed by atoms with Crippen molar-refractivity contribution in [3.63, 3.8) is 0 Å². The van der Waals surface area contributed by atoms with Crippen LogP contribution in [0.25, 0.3) is 11.0 Å². The lowest BCUT2D eigenvalue weighted by molar-refractivity contribution is -0.0167. The van der Waals surface area contributed by atoms with Gasteiger partial charge in [0.05, 0.1) is 6.04 Å². The van der Waals surface area contributed by atoms with Gasteiger partial charge in [-0.2, -0.15) is 0 Å². The first-order valence-electron chi connectivity index (χ1n) is 10.1. The van der Waals surface area contributed by atoms with Gasteiger partial charge in [-0.25, -0.2) is 13.8 Å². The fraction of sp³-hybridized carbons (Fsp3) is 0.409. The van der Waals surface area contributed by atoms with Gasteiger partial charge in [-0.1, -0.05) is 0 Å². The fourth-order valence-corrected chi connectivity index (χ4v) is 4.66. The maximum Gasteiger partial charge on any atom is 0.162 e. The van der Waals surface area contributed by atoms with Crippen molar-refractivity contribution in [2.24, 2.45) is 0 Å². The molecule has 1 saturated carbocycles. The molecule has 0 radical (unpaired) electrons. The first kappa shape index (κ1) is 19.4. The van der Waals surface area contributed by atoms with E-state index in [1.54, 1.807) is 6.20 Å². The van der Waals surface area contributed by atoms with Gasteiger partial charge in [0.2, 0.25) is 0 Å². The second kappa shape index (κ2) is 7.30. The number of aromatic nitrogens is 2. The van der Waals surface area contributed by atoms with Crippen LogP contribution in [0.1, 0.15) is 29.2 Å². The van der Waals surface area contributed by atoms with Crippen molar-refractivity contribution in [1.29, 1.82) is 0 Å². The minimum Gasteiger partial charge on any atom is -0.487 e. The molecule has 158 valence electrons. The van der Waals surface area contributed by atoms with Gasteiger partial charge in [0.1, 0.15) is 29.7 Å². The van der Waals surface area contributed by atoms with E-state index >= 15 is 0 Å². The summed E-state index contributed by atoms with van der Waals surface area (Å²) in [5.41, 5.74) is 2.67. The van der Waals surface area contributed by atoms with Gasteiger partial charge < -0.3 is 24.8 Å². The van der Waals surface area contributed by atoms with Gasteiger partial charge in [0, 0.05) is 47.9 Å².